The summed E-state index contributed by atoms with van der Waals surface area (Å²) in [5.41, 5.74) is 0.147. The van der Waals surface area contributed by atoms with Gasteiger partial charge in [0.1, 0.15) is 35.9 Å². The first kappa shape index (κ1) is 27.7. The summed E-state index contributed by atoms with van der Waals surface area (Å²) in [7, 11) is 1.51. The van der Waals surface area contributed by atoms with Crippen LogP contribution in [0.2, 0.25) is 0 Å². The van der Waals surface area contributed by atoms with E-state index in [9.17, 15) is 23.8 Å². The van der Waals surface area contributed by atoms with Crippen molar-refractivity contribution in [2.45, 2.75) is 38.5 Å². The number of hydrogen-bond donors (Lipinski definition) is 2. The molecule has 3 aromatic rings. The number of methoxy groups -OCH3 is 1. The molecule has 1 unspecified atom stereocenters. The molecule has 10 heteroatoms. The summed E-state index contributed by atoms with van der Waals surface area (Å²) >= 11 is 0. The number of alkyl halides is 1. The van der Waals surface area contributed by atoms with Crippen LogP contribution < -0.4 is 9.47 Å². The van der Waals surface area contributed by atoms with E-state index in [0.29, 0.717) is 60.3 Å². The quantitative estimate of drug-likeness (QED) is 0.357. The van der Waals surface area contributed by atoms with E-state index in [1.165, 1.54) is 13.3 Å². The van der Waals surface area contributed by atoms with Crippen LogP contribution in [0.25, 0.3) is 10.9 Å². The van der Waals surface area contributed by atoms with Crippen LogP contribution in [0.4, 0.5) is 13.2 Å². The van der Waals surface area contributed by atoms with Gasteiger partial charge >= 0.3 is 5.97 Å². The molecule has 4 rings (SSSR count). The number of ether oxygens (including phenoxy) is 2. The van der Waals surface area contributed by atoms with Crippen molar-refractivity contribution in [3.8, 4) is 11.5 Å². The van der Waals surface area contributed by atoms with Crippen molar-refractivity contribution in [2.75, 3.05) is 33.4 Å². The molecule has 0 saturated carbocycles. The zero-order valence-corrected chi connectivity index (χ0v) is 21.1. The van der Waals surface area contributed by atoms with Gasteiger partial charge in [-0.1, -0.05) is 0 Å². The van der Waals surface area contributed by atoms with Crippen LogP contribution in [-0.2, 0) is 11.4 Å². The molecule has 1 atom stereocenters. The Balaban J connectivity index is 1.39. The molecule has 1 aliphatic heterocycles. The third-order valence-electron chi connectivity index (χ3n) is 7.34. The number of carbonyl (C=O) groups is 1. The van der Waals surface area contributed by atoms with E-state index in [-0.39, 0.29) is 31.8 Å². The Bertz CT molecular complexity index is 1260. The number of aliphatic hydroxyl groups excluding tert-OH is 1. The van der Waals surface area contributed by atoms with Gasteiger partial charge in [-0.3, -0.25) is 14.7 Å². The molecular formula is C28H31F3N2O5. The fourth-order valence-electron chi connectivity index (χ4n) is 5.08. The van der Waals surface area contributed by atoms with Gasteiger partial charge in [-0.15, -0.1) is 0 Å². The van der Waals surface area contributed by atoms with Crippen molar-refractivity contribution in [3.05, 3.63) is 65.4 Å². The second-order valence-electron chi connectivity index (χ2n) is 9.63. The average Bonchev–Trinajstić information content (AvgIpc) is 2.90. The molecule has 0 radical (unpaired) electrons. The third-order valence-corrected chi connectivity index (χ3v) is 7.34. The Morgan fingerprint density at radius 1 is 1.13 bits per heavy atom. The number of aromatic nitrogens is 1. The van der Waals surface area contributed by atoms with Crippen LogP contribution in [0.5, 0.6) is 11.5 Å². The summed E-state index contributed by atoms with van der Waals surface area (Å²) in [5.74, 6) is -1.78. The number of carboxylic acids is 1. The molecule has 2 heterocycles. The van der Waals surface area contributed by atoms with Gasteiger partial charge in [0.2, 0.25) is 0 Å². The molecule has 0 amide bonds. The largest absolute Gasteiger partial charge is 0.497 e. The van der Waals surface area contributed by atoms with Gasteiger partial charge < -0.3 is 19.7 Å². The highest BCUT2D eigenvalue weighted by molar-refractivity contribution is 5.85. The summed E-state index contributed by atoms with van der Waals surface area (Å²) in [6.45, 7) is 1.21. The second-order valence-corrected chi connectivity index (χ2v) is 9.63. The molecule has 1 aromatic heterocycles. The molecule has 1 saturated heterocycles. The second kappa shape index (κ2) is 12.0. The fourth-order valence-corrected chi connectivity index (χ4v) is 5.08. The predicted molar refractivity (Wildman–Crippen MR) is 135 cm³/mol. The Hall–Kier alpha value is -3.37. The van der Waals surface area contributed by atoms with Crippen LogP contribution in [0, 0.1) is 17.0 Å². The van der Waals surface area contributed by atoms with E-state index in [4.69, 9.17) is 9.47 Å². The summed E-state index contributed by atoms with van der Waals surface area (Å²) < 4.78 is 53.1. The van der Waals surface area contributed by atoms with E-state index < -0.39 is 29.2 Å². The van der Waals surface area contributed by atoms with Crippen LogP contribution in [0.1, 0.15) is 43.0 Å². The van der Waals surface area contributed by atoms with Crippen molar-refractivity contribution < 1.29 is 37.7 Å². The number of halogens is 3. The van der Waals surface area contributed by atoms with E-state index in [1.54, 1.807) is 18.2 Å². The molecule has 1 fully saturated rings. The Labute approximate surface area is 218 Å². The van der Waals surface area contributed by atoms with E-state index in [1.807, 2.05) is 4.90 Å². The average molecular weight is 533 g/mol. The van der Waals surface area contributed by atoms with Crippen LogP contribution in [-0.4, -0.2) is 59.4 Å². The molecular weight excluding hydrogens is 501 g/mol. The predicted octanol–water partition coefficient (Wildman–Crippen LogP) is 5.05. The number of hydrogen-bond acceptors (Lipinski definition) is 6. The zero-order chi connectivity index (χ0) is 27.3. The van der Waals surface area contributed by atoms with Crippen LogP contribution in [0.15, 0.2) is 42.6 Å². The van der Waals surface area contributed by atoms with Crippen LogP contribution >= 0.6 is 0 Å². The van der Waals surface area contributed by atoms with Crippen molar-refractivity contribution in [3.63, 3.8) is 0 Å². The number of aliphatic carboxylic acids is 1. The standard InChI is InChI=1S/C28H31F3N2O5/c1-37-21-2-3-25-23(15-21)26(18(17-34)16-32-25)24(31)4-5-28(27(35)36)6-8-33(9-7-28)10-11-38-22-13-19(29)12-20(30)14-22/h2-3,12-16,24,34H,4-11,17H2,1H3,(H,35,36). The molecule has 1 aliphatic rings. The minimum Gasteiger partial charge on any atom is -0.497 e. The van der Waals surface area contributed by atoms with Gasteiger partial charge in [0.05, 0.1) is 24.6 Å². The highest BCUT2D eigenvalue weighted by Crippen LogP contribution is 2.41. The van der Waals surface area contributed by atoms with Gasteiger partial charge in [0, 0.05) is 47.5 Å². The first-order chi connectivity index (χ1) is 18.2. The number of aliphatic hydroxyl groups is 1. The van der Waals surface area contributed by atoms with Crippen molar-refractivity contribution >= 4 is 16.9 Å². The summed E-state index contributed by atoms with van der Waals surface area (Å²) in [5, 5.41) is 20.4. The van der Waals surface area contributed by atoms with Gasteiger partial charge in [0.25, 0.3) is 0 Å². The fraction of sp³-hybridized carbons (Fsp3) is 0.429. The maximum absolute atomic E-state index is 15.7. The molecule has 7 nitrogen and oxygen atoms in total. The third kappa shape index (κ3) is 6.19. The summed E-state index contributed by atoms with van der Waals surface area (Å²) in [6, 6.07) is 8.09. The number of fused-ring (bicyclic) bond motifs is 1. The van der Waals surface area contributed by atoms with Gasteiger partial charge in [-0.25, -0.2) is 13.2 Å². The summed E-state index contributed by atoms with van der Waals surface area (Å²) in [4.78, 5) is 18.6. The number of carboxylic acid groups (broad SMARTS) is 1. The number of piperidine rings is 1. The number of nitrogens with zero attached hydrogens (tertiary/aromatic N) is 2. The normalized spacial score (nSPS) is 16.3. The first-order valence-corrected chi connectivity index (χ1v) is 12.5. The molecule has 2 aromatic carbocycles. The van der Waals surface area contributed by atoms with E-state index in [2.05, 4.69) is 4.98 Å². The molecule has 204 valence electrons. The SMILES string of the molecule is COc1ccc2ncc(CO)c(C(F)CCC3(C(=O)O)CCN(CCOc4cc(F)cc(F)c4)CC3)c2c1. The lowest BCUT2D eigenvalue weighted by atomic mass is 9.74. The Morgan fingerprint density at radius 3 is 2.47 bits per heavy atom. The minimum absolute atomic E-state index is 0.0239. The molecule has 38 heavy (non-hydrogen) atoms. The highest BCUT2D eigenvalue weighted by atomic mass is 19.1. The number of benzene rings is 2. The summed E-state index contributed by atoms with van der Waals surface area (Å²) in [6.07, 6.45) is 0.730. The topological polar surface area (TPSA) is 92.1 Å². The monoisotopic (exact) mass is 532 g/mol. The van der Waals surface area contributed by atoms with E-state index in [0.717, 1.165) is 18.2 Å². The number of rotatable bonds is 11. The number of pyridine rings is 1. The van der Waals surface area contributed by atoms with Crippen molar-refractivity contribution in [1.29, 1.82) is 0 Å². The Morgan fingerprint density at radius 2 is 1.84 bits per heavy atom. The van der Waals surface area contributed by atoms with Crippen molar-refractivity contribution in [2.24, 2.45) is 5.41 Å². The molecule has 0 aliphatic carbocycles. The highest BCUT2D eigenvalue weighted by Gasteiger charge is 2.41. The number of likely N-dealkylation sites (tertiary alicyclic amines) is 1. The lowest BCUT2D eigenvalue weighted by Crippen LogP contribution is -2.45. The zero-order valence-electron chi connectivity index (χ0n) is 21.1. The van der Waals surface area contributed by atoms with Crippen LogP contribution in [0.3, 0.4) is 0 Å². The molecule has 0 spiro atoms. The molecule has 2 N–H and O–H groups in total. The maximum atomic E-state index is 15.7. The lowest BCUT2D eigenvalue weighted by molar-refractivity contribution is -0.153. The van der Waals surface area contributed by atoms with Gasteiger partial charge in [-0.05, 0) is 57.0 Å². The smallest absolute Gasteiger partial charge is 0.309 e. The minimum atomic E-state index is -1.50. The lowest BCUT2D eigenvalue weighted by Gasteiger charge is -2.39. The first-order valence-electron chi connectivity index (χ1n) is 12.5. The van der Waals surface area contributed by atoms with Gasteiger partial charge in [0.15, 0.2) is 0 Å². The Kier molecular flexibility index (Phi) is 8.73. The molecule has 0 bridgehead atoms. The maximum Gasteiger partial charge on any atom is 0.309 e. The van der Waals surface area contributed by atoms with Gasteiger partial charge in [-0.2, -0.15) is 0 Å². The van der Waals surface area contributed by atoms with Crippen molar-refractivity contribution in [1.82, 2.24) is 9.88 Å². The van der Waals surface area contributed by atoms with E-state index >= 15 is 4.39 Å².